The predicted molar refractivity (Wildman–Crippen MR) is 75.6 cm³/mol. The lowest BCUT2D eigenvalue weighted by molar-refractivity contribution is -0.124. The fraction of sp³-hybridized carbons (Fsp3) is 0.429. The van der Waals surface area contributed by atoms with Gasteiger partial charge < -0.3 is 25.6 Å². The van der Waals surface area contributed by atoms with E-state index < -0.39 is 11.5 Å². The zero-order valence-electron chi connectivity index (χ0n) is 11.7. The fourth-order valence-electron chi connectivity index (χ4n) is 2.15. The SMILES string of the molecule is COc1ccc(C(=O)O)cc1NC(=O)C1(N)CCOCC1. The van der Waals surface area contributed by atoms with Gasteiger partial charge in [0.15, 0.2) is 0 Å². The number of nitrogens with one attached hydrogen (secondary N) is 1. The molecule has 0 saturated carbocycles. The van der Waals surface area contributed by atoms with Crippen LogP contribution in [0.25, 0.3) is 0 Å². The maximum absolute atomic E-state index is 12.3. The molecular weight excluding hydrogens is 276 g/mol. The van der Waals surface area contributed by atoms with Gasteiger partial charge in [0.1, 0.15) is 11.3 Å². The lowest BCUT2D eigenvalue weighted by Crippen LogP contribution is -2.54. The van der Waals surface area contributed by atoms with Crippen molar-refractivity contribution >= 4 is 17.6 Å². The molecule has 1 heterocycles. The van der Waals surface area contributed by atoms with Crippen LogP contribution in [0.3, 0.4) is 0 Å². The Labute approximate surface area is 122 Å². The minimum Gasteiger partial charge on any atom is -0.495 e. The first-order chi connectivity index (χ1) is 9.96. The zero-order valence-corrected chi connectivity index (χ0v) is 11.7. The van der Waals surface area contributed by atoms with Gasteiger partial charge in [-0.25, -0.2) is 4.79 Å². The highest BCUT2D eigenvalue weighted by Gasteiger charge is 2.36. The van der Waals surface area contributed by atoms with Crippen LogP contribution >= 0.6 is 0 Å². The largest absolute Gasteiger partial charge is 0.495 e. The predicted octanol–water partition coefficient (Wildman–Crippen LogP) is 0.840. The molecule has 1 fully saturated rings. The number of hydrogen-bond acceptors (Lipinski definition) is 5. The number of hydrogen-bond donors (Lipinski definition) is 3. The third-order valence-corrected chi connectivity index (χ3v) is 3.53. The molecule has 1 amide bonds. The molecule has 0 radical (unpaired) electrons. The number of carboxylic acids is 1. The van der Waals surface area contributed by atoms with Crippen molar-refractivity contribution in [1.29, 1.82) is 0 Å². The van der Waals surface area contributed by atoms with Crippen LogP contribution in [0.2, 0.25) is 0 Å². The maximum atomic E-state index is 12.3. The summed E-state index contributed by atoms with van der Waals surface area (Å²) >= 11 is 0. The van der Waals surface area contributed by atoms with Crippen molar-refractivity contribution in [3.8, 4) is 5.75 Å². The van der Waals surface area contributed by atoms with Crippen LogP contribution < -0.4 is 15.8 Å². The number of aromatic carboxylic acids is 1. The van der Waals surface area contributed by atoms with Crippen LogP contribution in [0, 0.1) is 0 Å². The van der Waals surface area contributed by atoms with Gasteiger partial charge >= 0.3 is 5.97 Å². The number of ether oxygens (including phenoxy) is 2. The van der Waals surface area contributed by atoms with Crippen molar-refractivity contribution in [3.63, 3.8) is 0 Å². The summed E-state index contributed by atoms with van der Waals surface area (Å²) in [6.45, 7) is 0.854. The molecule has 21 heavy (non-hydrogen) atoms. The number of rotatable bonds is 4. The van der Waals surface area contributed by atoms with E-state index in [1.54, 1.807) is 0 Å². The molecule has 0 unspecified atom stereocenters. The van der Waals surface area contributed by atoms with Gasteiger partial charge in [0, 0.05) is 13.2 Å². The van der Waals surface area contributed by atoms with E-state index >= 15 is 0 Å². The molecule has 7 heteroatoms. The average molecular weight is 294 g/mol. The first-order valence-electron chi connectivity index (χ1n) is 6.56. The van der Waals surface area contributed by atoms with Gasteiger partial charge in [0.2, 0.25) is 5.91 Å². The zero-order chi connectivity index (χ0) is 15.5. The summed E-state index contributed by atoms with van der Waals surface area (Å²) in [5, 5.41) is 11.7. The molecule has 0 atom stereocenters. The fourth-order valence-corrected chi connectivity index (χ4v) is 2.15. The minimum absolute atomic E-state index is 0.0594. The number of amides is 1. The highest BCUT2D eigenvalue weighted by Crippen LogP contribution is 2.28. The van der Waals surface area contributed by atoms with Crippen LogP contribution in [0.1, 0.15) is 23.2 Å². The van der Waals surface area contributed by atoms with Crippen molar-refractivity contribution in [1.82, 2.24) is 0 Å². The van der Waals surface area contributed by atoms with E-state index in [4.69, 9.17) is 20.3 Å². The molecule has 0 aliphatic carbocycles. The summed E-state index contributed by atoms with van der Waals surface area (Å²) < 4.78 is 10.3. The van der Waals surface area contributed by atoms with Crippen molar-refractivity contribution < 1.29 is 24.2 Å². The molecule has 1 aromatic carbocycles. The summed E-state index contributed by atoms with van der Waals surface area (Å²) in [7, 11) is 1.44. The highest BCUT2D eigenvalue weighted by molar-refractivity contribution is 6.00. The Bertz CT molecular complexity index is 552. The molecule has 1 aliphatic heterocycles. The second-order valence-electron chi connectivity index (χ2n) is 4.94. The van der Waals surface area contributed by atoms with Crippen molar-refractivity contribution in [3.05, 3.63) is 23.8 Å². The van der Waals surface area contributed by atoms with Gasteiger partial charge in [-0.1, -0.05) is 0 Å². The molecule has 0 aromatic heterocycles. The number of methoxy groups -OCH3 is 1. The molecular formula is C14H18N2O5. The Kier molecular flexibility index (Phi) is 4.44. The maximum Gasteiger partial charge on any atom is 0.335 e. The van der Waals surface area contributed by atoms with Gasteiger partial charge in [-0.3, -0.25) is 4.79 Å². The first-order valence-corrected chi connectivity index (χ1v) is 6.56. The molecule has 7 nitrogen and oxygen atoms in total. The summed E-state index contributed by atoms with van der Waals surface area (Å²) in [5.41, 5.74) is 5.43. The van der Waals surface area contributed by atoms with Gasteiger partial charge in [0.05, 0.1) is 18.4 Å². The lowest BCUT2D eigenvalue weighted by atomic mass is 9.90. The van der Waals surface area contributed by atoms with Crippen molar-refractivity contribution in [2.45, 2.75) is 18.4 Å². The van der Waals surface area contributed by atoms with Gasteiger partial charge in [0.25, 0.3) is 0 Å². The molecule has 0 bridgehead atoms. The molecule has 2 rings (SSSR count). The van der Waals surface area contributed by atoms with E-state index in [9.17, 15) is 9.59 Å². The van der Waals surface area contributed by atoms with Gasteiger partial charge in [-0.2, -0.15) is 0 Å². The molecule has 4 N–H and O–H groups in total. The number of benzene rings is 1. The number of carbonyl (C=O) groups excluding carboxylic acids is 1. The van der Waals surface area contributed by atoms with Gasteiger partial charge in [-0.05, 0) is 31.0 Å². The normalized spacial score (nSPS) is 17.0. The third kappa shape index (κ3) is 3.32. The summed E-state index contributed by atoms with van der Waals surface area (Å²) in [4.78, 5) is 23.4. The monoisotopic (exact) mass is 294 g/mol. The average Bonchev–Trinajstić information content (AvgIpc) is 2.47. The van der Waals surface area contributed by atoms with Gasteiger partial charge in [-0.15, -0.1) is 0 Å². The Morgan fingerprint density at radius 2 is 2.05 bits per heavy atom. The van der Waals surface area contributed by atoms with Crippen molar-refractivity contribution in [2.75, 3.05) is 25.6 Å². The topological polar surface area (TPSA) is 111 Å². The Morgan fingerprint density at radius 1 is 1.38 bits per heavy atom. The van der Waals surface area contributed by atoms with Crippen LogP contribution in [0.15, 0.2) is 18.2 Å². The second kappa shape index (κ2) is 6.11. The summed E-state index contributed by atoms with van der Waals surface area (Å²) in [6, 6.07) is 4.25. The minimum atomic E-state index is -1.08. The van der Waals surface area contributed by atoms with E-state index in [0.29, 0.717) is 37.5 Å². The van der Waals surface area contributed by atoms with Crippen LogP contribution in [-0.4, -0.2) is 42.8 Å². The van der Waals surface area contributed by atoms with E-state index in [2.05, 4.69) is 5.32 Å². The number of nitrogens with two attached hydrogens (primary N) is 1. The number of carboxylic acid groups (broad SMARTS) is 1. The van der Waals surface area contributed by atoms with E-state index in [1.807, 2.05) is 0 Å². The van der Waals surface area contributed by atoms with E-state index in [-0.39, 0.29) is 11.5 Å². The Balaban J connectivity index is 2.23. The second-order valence-corrected chi connectivity index (χ2v) is 4.94. The molecule has 1 aliphatic rings. The molecule has 1 aromatic rings. The molecule has 1 saturated heterocycles. The number of carbonyl (C=O) groups is 2. The quantitative estimate of drug-likeness (QED) is 0.759. The van der Waals surface area contributed by atoms with Crippen LogP contribution in [-0.2, 0) is 9.53 Å². The smallest absolute Gasteiger partial charge is 0.335 e. The number of anilines is 1. The summed E-state index contributed by atoms with van der Waals surface area (Å²) in [5.74, 6) is -1.07. The van der Waals surface area contributed by atoms with Crippen LogP contribution in [0.5, 0.6) is 5.75 Å². The molecule has 114 valence electrons. The highest BCUT2D eigenvalue weighted by atomic mass is 16.5. The van der Waals surface area contributed by atoms with E-state index in [1.165, 1.54) is 25.3 Å². The Morgan fingerprint density at radius 3 is 2.62 bits per heavy atom. The third-order valence-electron chi connectivity index (χ3n) is 3.53. The van der Waals surface area contributed by atoms with E-state index in [0.717, 1.165) is 0 Å². The summed E-state index contributed by atoms with van der Waals surface area (Å²) in [6.07, 6.45) is 0.833. The van der Waals surface area contributed by atoms with Crippen LogP contribution in [0.4, 0.5) is 5.69 Å². The molecule has 0 spiro atoms. The lowest BCUT2D eigenvalue weighted by Gasteiger charge is -2.31. The standard InChI is InChI=1S/C14H18N2O5/c1-20-11-3-2-9(12(17)18)8-10(11)16-13(19)14(15)4-6-21-7-5-14/h2-3,8H,4-7,15H2,1H3,(H,16,19)(H,17,18). The Hall–Kier alpha value is -2.12. The first kappa shape index (κ1) is 15.3. The van der Waals surface area contributed by atoms with Crippen molar-refractivity contribution in [2.24, 2.45) is 5.73 Å².